The number of amides is 1. The van der Waals surface area contributed by atoms with E-state index in [0.717, 1.165) is 0 Å². The lowest BCUT2D eigenvalue weighted by molar-refractivity contribution is -0.128. The topological polar surface area (TPSA) is 64.3 Å². The molecule has 2 rings (SSSR count). The number of nitrogens with one attached hydrogen (secondary N) is 1. The van der Waals surface area contributed by atoms with Crippen molar-refractivity contribution in [1.29, 1.82) is 0 Å². The zero-order chi connectivity index (χ0) is 13.2. The van der Waals surface area contributed by atoms with Gasteiger partial charge in [-0.2, -0.15) is 0 Å². The molecule has 1 heterocycles. The first-order valence-corrected chi connectivity index (χ1v) is 5.96. The van der Waals surface area contributed by atoms with Crippen LogP contribution in [-0.2, 0) is 9.53 Å². The maximum absolute atomic E-state index is 13.7. The van der Waals surface area contributed by atoms with Crippen molar-refractivity contribution < 1.29 is 13.9 Å². The van der Waals surface area contributed by atoms with E-state index in [-0.39, 0.29) is 5.92 Å². The van der Waals surface area contributed by atoms with Crippen molar-refractivity contribution in [2.24, 2.45) is 11.7 Å². The highest BCUT2D eigenvalue weighted by Crippen LogP contribution is 2.31. The van der Waals surface area contributed by atoms with Crippen LogP contribution < -0.4 is 11.1 Å². The van der Waals surface area contributed by atoms with Gasteiger partial charge in [0.05, 0.1) is 12.3 Å². The third-order valence-electron chi connectivity index (χ3n) is 3.52. The molecule has 0 aromatic heterocycles. The lowest BCUT2D eigenvalue weighted by atomic mass is 9.80. The molecular weight excluding hydrogens is 235 g/mol. The number of halogens is 1. The van der Waals surface area contributed by atoms with E-state index in [4.69, 9.17) is 10.5 Å². The van der Waals surface area contributed by atoms with Gasteiger partial charge in [0.1, 0.15) is 11.4 Å². The summed E-state index contributed by atoms with van der Waals surface area (Å²) in [5.74, 6) is -0.971. The lowest BCUT2D eigenvalue weighted by Gasteiger charge is -2.41. The summed E-state index contributed by atoms with van der Waals surface area (Å²) >= 11 is 0. The predicted octanol–water partition coefficient (Wildman–Crippen LogP) is 1.52. The summed E-state index contributed by atoms with van der Waals surface area (Å²) in [6, 6.07) is 6.26. The number of carbonyl (C=O) groups excluding carboxylic acids is 1. The Labute approximate surface area is 105 Å². The van der Waals surface area contributed by atoms with Crippen LogP contribution in [-0.4, -0.2) is 24.7 Å². The van der Waals surface area contributed by atoms with Crippen molar-refractivity contribution in [2.75, 3.05) is 18.5 Å². The Bertz CT molecular complexity index is 452. The number of hydrogen-bond donors (Lipinski definition) is 2. The van der Waals surface area contributed by atoms with E-state index in [2.05, 4.69) is 5.32 Å². The first-order valence-electron chi connectivity index (χ1n) is 5.96. The van der Waals surface area contributed by atoms with Crippen LogP contribution in [0.3, 0.4) is 0 Å². The third-order valence-corrected chi connectivity index (χ3v) is 3.52. The van der Waals surface area contributed by atoms with Crippen molar-refractivity contribution >= 4 is 11.6 Å². The summed E-state index contributed by atoms with van der Waals surface area (Å²) in [6.45, 7) is 2.75. The minimum atomic E-state index is -0.944. The second kappa shape index (κ2) is 4.94. The number of ether oxygens (including phenoxy) is 1. The quantitative estimate of drug-likeness (QED) is 0.857. The van der Waals surface area contributed by atoms with Gasteiger partial charge >= 0.3 is 0 Å². The minimum absolute atomic E-state index is 0.108. The first kappa shape index (κ1) is 12.8. The summed E-state index contributed by atoms with van der Waals surface area (Å²) in [7, 11) is 0. The van der Waals surface area contributed by atoms with Crippen LogP contribution in [0.4, 0.5) is 10.1 Å². The minimum Gasteiger partial charge on any atom is -0.381 e. The molecule has 0 radical (unpaired) electrons. The van der Waals surface area contributed by atoms with Crippen LogP contribution >= 0.6 is 0 Å². The predicted molar refractivity (Wildman–Crippen MR) is 66.5 cm³/mol. The number of benzene rings is 1. The lowest BCUT2D eigenvalue weighted by Crippen LogP contribution is -2.59. The molecule has 0 saturated carbocycles. The number of anilines is 1. The van der Waals surface area contributed by atoms with Crippen LogP contribution in [0.1, 0.15) is 13.3 Å². The monoisotopic (exact) mass is 252 g/mol. The van der Waals surface area contributed by atoms with Gasteiger partial charge in [0.25, 0.3) is 0 Å². The molecule has 18 heavy (non-hydrogen) atoms. The number of rotatable bonds is 3. The summed E-state index contributed by atoms with van der Waals surface area (Å²) < 4.78 is 19.0. The molecule has 1 saturated heterocycles. The Morgan fingerprint density at radius 1 is 1.56 bits per heavy atom. The van der Waals surface area contributed by atoms with Gasteiger partial charge in [0.2, 0.25) is 5.91 Å². The van der Waals surface area contributed by atoms with Gasteiger partial charge in [-0.05, 0) is 12.1 Å². The van der Waals surface area contributed by atoms with Crippen LogP contribution in [0, 0.1) is 11.7 Å². The number of primary amides is 1. The van der Waals surface area contributed by atoms with E-state index in [9.17, 15) is 9.18 Å². The smallest absolute Gasteiger partial charge is 0.243 e. The van der Waals surface area contributed by atoms with Crippen molar-refractivity contribution in [3.8, 4) is 0 Å². The second-order valence-corrected chi connectivity index (χ2v) is 4.67. The molecule has 2 unspecified atom stereocenters. The number of hydrogen-bond acceptors (Lipinski definition) is 3. The molecule has 1 aromatic carbocycles. The highest BCUT2D eigenvalue weighted by atomic mass is 19.1. The number of para-hydroxylation sites is 1. The molecule has 3 N–H and O–H groups in total. The summed E-state index contributed by atoms with van der Waals surface area (Å²) in [5, 5.41) is 2.98. The van der Waals surface area contributed by atoms with Gasteiger partial charge in [0.15, 0.2) is 0 Å². The van der Waals surface area contributed by atoms with Crippen molar-refractivity contribution in [3.63, 3.8) is 0 Å². The van der Waals surface area contributed by atoms with E-state index in [0.29, 0.717) is 25.3 Å². The average Bonchev–Trinajstić information content (AvgIpc) is 2.34. The summed E-state index contributed by atoms with van der Waals surface area (Å²) in [4.78, 5) is 11.8. The van der Waals surface area contributed by atoms with Gasteiger partial charge in [-0.25, -0.2) is 4.39 Å². The Hall–Kier alpha value is -1.62. The molecule has 5 heteroatoms. The summed E-state index contributed by atoms with van der Waals surface area (Å²) in [6.07, 6.45) is 0.442. The van der Waals surface area contributed by atoms with E-state index in [1.165, 1.54) is 6.07 Å². The van der Waals surface area contributed by atoms with Crippen molar-refractivity contribution in [3.05, 3.63) is 30.1 Å². The normalized spacial score (nSPS) is 27.8. The summed E-state index contributed by atoms with van der Waals surface area (Å²) in [5.41, 5.74) is 4.86. The fraction of sp³-hybridized carbons (Fsp3) is 0.462. The maximum atomic E-state index is 13.7. The van der Waals surface area contributed by atoms with Gasteiger partial charge in [0, 0.05) is 18.9 Å². The zero-order valence-electron chi connectivity index (χ0n) is 10.3. The third kappa shape index (κ3) is 2.18. The Balaban J connectivity index is 2.32. The Morgan fingerprint density at radius 2 is 2.28 bits per heavy atom. The average molecular weight is 252 g/mol. The molecule has 4 nitrogen and oxygen atoms in total. The van der Waals surface area contributed by atoms with Crippen LogP contribution in [0.2, 0.25) is 0 Å². The Kier molecular flexibility index (Phi) is 3.52. The standard InChI is InChI=1S/C13H17FN2O2/c1-9-8-18-7-6-13(9,12(15)17)16-11-5-3-2-4-10(11)14/h2-5,9,16H,6-8H2,1H3,(H2,15,17). The first-order chi connectivity index (χ1) is 8.56. The SMILES string of the molecule is CC1COCCC1(Nc1ccccc1F)C(N)=O. The van der Waals surface area contributed by atoms with Crippen molar-refractivity contribution in [1.82, 2.24) is 0 Å². The van der Waals surface area contributed by atoms with Gasteiger partial charge < -0.3 is 15.8 Å². The molecule has 2 atom stereocenters. The molecule has 0 bridgehead atoms. The highest BCUT2D eigenvalue weighted by Gasteiger charge is 2.44. The fourth-order valence-corrected chi connectivity index (χ4v) is 2.30. The van der Waals surface area contributed by atoms with Crippen LogP contribution in [0.15, 0.2) is 24.3 Å². The van der Waals surface area contributed by atoms with Gasteiger partial charge in [-0.1, -0.05) is 19.1 Å². The molecule has 0 aliphatic carbocycles. The van der Waals surface area contributed by atoms with E-state index in [1.807, 2.05) is 6.92 Å². The molecule has 1 aliphatic heterocycles. The molecule has 98 valence electrons. The van der Waals surface area contributed by atoms with E-state index < -0.39 is 17.3 Å². The number of nitrogens with two attached hydrogens (primary N) is 1. The zero-order valence-corrected chi connectivity index (χ0v) is 10.3. The van der Waals surface area contributed by atoms with E-state index in [1.54, 1.807) is 18.2 Å². The number of carbonyl (C=O) groups is 1. The van der Waals surface area contributed by atoms with Gasteiger partial charge in [-0.3, -0.25) is 4.79 Å². The fourth-order valence-electron chi connectivity index (χ4n) is 2.30. The molecule has 1 fully saturated rings. The van der Waals surface area contributed by atoms with E-state index >= 15 is 0 Å². The van der Waals surface area contributed by atoms with Crippen molar-refractivity contribution in [2.45, 2.75) is 18.9 Å². The highest BCUT2D eigenvalue weighted by molar-refractivity contribution is 5.88. The van der Waals surface area contributed by atoms with Crippen LogP contribution in [0.5, 0.6) is 0 Å². The molecule has 1 aliphatic rings. The Morgan fingerprint density at radius 3 is 2.89 bits per heavy atom. The molecule has 0 spiro atoms. The molecular formula is C13H17FN2O2. The second-order valence-electron chi connectivity index (χ2n) is 4.67. The van der Waals surface area contributed by atoms with Crippen LogP contribution in [0.25, 0.3) is 0 Å². The largest absolute Gasteiger partial charge is 0.381 e. The molecule has 1 amide bonds. The molecule has 1 aromatic rings. The van der Waals surface area contributed by atoms with Gasteiger partial charge in [-0.15, -0.1) is 0 Å². The maximum Gasteiger partial charge on any atom is 0.243 e.